The summed E-state index contributed by atoms with van der Waals surface area (Å²) in [5, 5.41) is 2.89. The second kappa shape index (κ2) is 10.1. The van der Waals surface area contributed by atoms with Gasteiger partial charge in [0.1, 0.15) is 5.75 Å². The molecule has 8 nitrogen and oxygen atoms in total. The number of sulfonamides is 1. The number of benzene rings is 2. The van der Waals surface area contributed by atoms with Gasteiger partial charge in [-0.2, -0.15) is 0 Å². The van der Waals surface area contributed by atoms with Crippen molar-refractivity contribution in [2.24, 2.45) is 0 Å². The van der Waals surface area contributed by atoms with Crippen molar-refractivity contribution in [3.05, 3.63) is 54.1 Å². The largest absolute Gasteiger partial charge is 0.497 e. The number of ether oxygens (including phenoxy) is 2. The van der Waals surface area contributed by atoms with E-state index >= 15 is 0 Å². The summed E-state index contributed by atoms with van der Waals surface area (Å²) in [4.78, 5) is 14.7. The first-order chi connectivity index (χ1) is 14.8. The minimum absolute atomic E-state index is 0.0798. The van der Waals surface area contributed by atoms with Crippen molar-refractivity contribution in [1.29, 1.82) is 0 Å². The van der Waals surface area contributed by atoms with E-state index < -0.39 is 10.0 Å². The SMILES string of the molecule is COc1ccc(NS(=O)(=O)c2ccc(C(=O)NCCN3CC(C)OC(C)C3)cc2)cc1. The number of hydrogen-bond donors (Lipinski definition) is 2. The minimum Gasteiger partial charge on any atom is -0.497 e. The van der Waals surface area contributed by atoms with Gasteiger partial charge in [0.25, 0.3) is 15.9 Å². The maximum atomic E-state index is 12.6. The number of carbonyl (C=O) groups excluding carboxylic acids is 1. The molecule has 2 N–H and O–H groups in total. The number of rotatable bonds is 8. The second-order valence-electron chi connectivity index (χ2n) is 7.63. The molecule has 168 valence electrons. The highest BCUT2D eigenvalue weighted by Crippen LogP contribution is 2.19. The third-order valence-corrected chi connectivity index (χ3v) is 6.38. The van der Waals surface area contributed by atoms with E-state index in [2.05, 4.69) is 14.9 Å². The summed E-state index contributed by atoms with van der Waals surface area (Å²) < 4.78 is 38.4. The highest BCUT2D eigenvalue weighted by atomic mass is 32.2. The molecule has 3 rings (SSSR count). The summed E-state index contributed by atoms with van der Waals surface area (Å²) in [6.07, 6.45) is 0.362. The molecule has 9 heteroatoms. The molecule has 1 aliphatic heterocycles. The average Bonchev–Trinajstić information content (AvgIpc) is 2.73. The summed E-state index contributed by atoms with van der Waals surface area (Å²) in [5.41, 5.74) is 0.835. The molecule has 1 aliphatic rings. The Morgan fingerprint density at radius 1 is 1.06 bits per heavy atom. The van der Waals surface area contributed by atoms with Gasteiger partial charge in [0.15, 0.2) is 0 Å². The normalized spacial score (nSPS) is 19.6. The van der Waals surface area contributed by atoms with Crippen molar-refractivity contribution >= 4 is 21.6 Å². The van der Waals surface area contributed by atoms with Gasteiger partial charge < -0.3 is 14.8 Å². The van der Waals surface area contributed by atoms with Crippen LogP contribution < -0.4 is 14.8 Å². The van der Waals surface area contributed by atoms with Gasteiger partial charge in [-0.25, -0.2) is 8.42 Å². The first-order valence-corrected chi connectivity index (χ1v) is 11.7. The quantitative estimate of drug-likeness (QED) is 0.645. The number of carbonyl (C=O) groups is 1. The Hall–Kier alpha value is -2.62. The van der Waals surface area contributed by atoms with Crippen LogP contribution in [-0.2, 0) is 14.8 Å². The number of methoxy groups -OCH3 is 1. The molecule has 2 aromatic carbocycles. The predicted molar refractivity (Wildman–Crippen MR) is 119 cm³/mol. The smallest absolute Gasteiger partial charge is 0.261 e. The van der Waals surface area contributed by atoms with Crippen molar-refractivity contribution in [2.75, 3.05) is 38.0 Å². The van der Waals surface area contributed by atoms with Crippen molar-refractivity contribution < 1.29 is 22.7 Å². The first kappa shape index (κ1) is 23.1. The zero-order valence-corrected chi connectivity index (χ0v) is 18.8. The molecule has 0 spiro atoms. The third kappa shape index (κ3) is 6.43. The molecule has 2 unspecified atom stereocenters. The average molecular weight is 448 g/mol. The Kier molecular flexibility index (Phi) is 7.53. The molecular weight excluding hydrogens is 418 g/mol. The van der Waals surface area contributed by atoms with Crippen LogP contribution in [0.1, 0.15) is 24.2 Å². The van der Waals surface area contributed by atoms with E-state index in [0.29, 0.717) is 23.5 Å². The molecule has 0 saturated carbocycles. The van der Waals surface area contributed by atoms with E-state index in [4.69, 9.17) is 9.47 Å². The molecule has 0 bridgehead atoms. The molecule has 2 aromatic rings. The maximum absolute atomic E-state index is 12.6. The first-order valence-electron chi connectivity index (χ1n) is 10.2. The Morgan fingerprint density at radius 3 is 2.26 bits per heavy atom. The van der Waals surface area contributed by atoms with Crippen molar-refractivity contribution in [3.63, 3.8) is 0 Å². The van der Waals surface area contributed by atoms with Gasteiger partial charge >= 0.3 is 0 Å². The van der Waals surface area contributed by atoms with Crippen molar-refractivity contribution in [2.45, 2.75) is 31.0 Å². The van der Waals surface area contributed by atoms with E-state index in [0.717, 1.165) is 19.6 Å². The van der Waals surface area contributed by atoms with Crippen molar-refractivity contribution in [3.8, 4) is 5.75 Å². The van der Waals surface area contributed by atoms with Crippen LogP contribution in [0.4, 0.5) is 5.69 Å². The fraction of sp³-hybridized carbons (Fsp3) is 0.409. The Labute approximate surface area is 183 Å². The monoisotopic (exact) mass is 447 g/mol. The van der Waals surface area contributed by atoms with Gasteiger partial charge in [0.05, 0.1) is 24.2 Å². The highest BCUT2D eigenvalue weighted by molar-refractivity contribution is 7.92. The van der Waals surface area contributed by atoms with Crippen LogP contribution in [0.3, 0.4) is 0 Å². The molecule has 0 aliphatic carbocycles. The van der Waals surface area contributed by atoms with Crippen LogP contribution >= 0.6 is 0 Å². The zero-order chi connectivity index (χ0) is 22.4. The fourth-order valence-electron chi connectivity index (χ4n) is 3.56. The molecule has 1 heterocycles. The van der Waals surface area contributed by atoms with E-state index in [1.54, 1.807) is 31.4 Å². The molecule has 0 aromatic heterocycles. The lowest BCUT2D eigenvalue weighted by Crippen LogP contribution is -2.47. The highest BCUT2D eigenvalue weighted by Gasteiger charge is 2.22. The molecule has 31 heavy (non-hydrogen) atoms. The Morgan fingerprint density at radius 2 is 1.68 bits per heavy atom. The van der Waals surface area contributed by atoms with Crippen LogP contribution in [0.2, 0.25) is 0 Å². The lowest BCUT2D eigenvalue weighted by atomic mass is 10.2. The summed E-state index contributed by atoms with van der Waals surface area (Å²) in [7, 11) is -2.22. The summed E-state index contributed by atoms with van der Waals surface area (Å²) in [6.45, 7) is 7.02. The molecule has 1 fully saturated rings. The lowest BCUT2D eigenvalue weighted by Gasteiger charge is -2.35. The van der Waals surface area contributed by atoms with Crippen LogP contribution in [-0.4, -0.2) is 64.7 Å². The number of morpholine rings is 1. The third-order valence-electron chi connectivity index (χ3n) is 4.98. The van der Waals surface area contributed by atoms with Gasteiger partial charge in [-0.05, 0) is 62.4 Å². The number of anilines is 1. The topological polar surface area (TPSA) is 97.0 Å². The van der Waals surface area contributed by atoms with Gasteiger partial charge in [0, 0.05) is 37.4 Å². The molecule has 1 saturated heterocycles. The summed E-state index contributed by atoms with van der Waals surface area (Å²) in [6, 6.07) is 12.4. The number of nitrogens with one attached hydrogen (secondary N) is 2. The maximum Gasteiger partial charge on any atom is 0.261 e. The molecule has 2 atom stereocenters. The molecular formula is C22H29N3O5S. The zero-order valence-electron chi connectivity index (χ0n) is 18.0. The van der Waals surface area contributed by atoms with E-state index in [1.807, 2.05) is 13.8 Å². The van der Waals surface area contributed by atoms with Gasteiger partial charge in [-0.3, -0.25) is 14.4 Å². The number of hydrogen-bond acceptors (Lipinski definition) is 6. The van der Waals surface area contributed by atoms with E-state index in [9.17, 15) is 13.2 Å². The summed E-state index contributed by atoms with van der Waals surface area (Å²) in [5.74, 6) is 0.400. The van der Waals surface area contributed by atoms with Crippen molar-refractivity contribution in [1.82, 2.24) is 10.2 Å². The lowest BCUT2D eigenvalue weighted by molar-refractivity contribution is -0.0672. The van der Waals surface area contributed by atoms with E-state index in [1.165, 1.54) is 24.3 Å². The number of nitrogens with zero attached hydrogens (tertiary/aromatic N) is 1. The van der Waals surface area contributed by atoms with Gasteiger partial charge in [-0.1, -0.05) is 0 Å². The van der Waals surface area contributed by atoms with Crippen LogP contribution in [0.15, 0.2) is 53.4 Å². The second-order valence-corrected chi connectivity index (χ2v) is 9.31. The predicted octanol–water partition coefficient (Wildman–Crippen LogP) is 2.33. The molecule has 1 amide bonds. The Bertz CT molecular complexity index is 967. The molecule has 0 radical (unpaired) electrons. The standard InChI is InChI=1S/C22H29N3O5S/c1-16-14-25(15-17(2)30-16)13-12-23-22(26)18-4-10-21(11-5-18)31(27,28)24-19-6-8-20(29-3)9-7-19/h4-11,16-17,24H,12-15H2,1-3H3,(H,23,26). The minimum atomic E-state index is -3.76. The fourth-order valence-corrected chi connectivity index (χ4v) is 4.61. The van der Waals surface area contributed by atoms with E-state index in [-0.39, 0.29) is 23.0 Å². The van der Waals surface area contributed by atoms with Crippen LogP contribution in [0.5, 0.6) is 5.75 Å². The summed E-state index contributed by atoms with van der Waals surface area (Å²) >= 11 is 0. The van der Waals surface area contributed by atoms with Crippen LogP contribution in [0, 0.1) is 0 Å². The van der Waals surface area contributed by atoms with Gasteiger partial charge in [0.2, 0.25) is 0 Å². The Balaban J connectivity index is 1.54. The number of amides is 1. The van der Waals surface area contributed by atoms with Crippen LogP contribution in [0.25, 0.3) is 0 Å². The van der Waals surface area contributed by atoms with Gasteiger partial charge in [-0.15, -0.1) is 0 Å².